The Morgan fingerprint density at radius 3 is 2.51 bits per heavy atom. The Kier molecular flexibility index (Phi) is 6.28. The molecule has 8 heteroatoms. The maximum absolute atomic E-state index is 13.6. The fourth-order valence-corrected chi connectivity index (χ4v) is 5.87. The molecule has 2 fully saturated rings. The Morgan fingerprint density at radius 1 is 1.03 bits per heavy atom. The summed E-state index contributed by atoms with van der Waals surface area (Å²) in [5.41, 5.74) is 1.78. The molecule has 35 heavy (non-hydrogen) atoms. The first-order valence-corrected chi connectivity index (χ1v) is 12.5. The van der Waals surface area contributed by atoms with E-state index in [1.54, 1.807) is 47.8 Å². The van der Waals surface area contributed by atoms with E-state index in [0.29, 0.717) is 28.4 Å². The van der Waals surface area contributed by atoms with Crippen molar-refractivity contribution < 1.29 is 9.59 Å². The highest BCUT2D eigenvalue weighted by atomic mass is 35.5. The van der Waals surface area contributed by atoms with Gasteiger partial charge in [-0.2, -0.15) is 0 Å². The van der Waals surface area contributed by atoms with E-state index in [4.69, 9.17) is 11.6 Å². The summed E-state index contributed by atoms with van der Waals surface area (Å²) in [6, 6.07) is 15.5. The van der Waals surface area contributed by atoms with E-state index in [1.165, 1.54) is 4.68 Å². The van der Waals surface area contributed by atoms with Gasteiger partial charge in [0.2, 0.25) is 5.91 Å². The molecule has 5 rings (SSSR count). The van der Waals surface area contributed by atoms with Crippen LogP contribution in [0.25, 0.3) is 5.69 Å². The lowest BCUT2D eigenvalue weighted by atomic mass is 9.84. The molecular weight excluding hydrogens is 464 g/mol. The minimum atomic E-state index is -0.640. The number of halogens is 1. The largest absolute Gasteiger partial charge is 0.323 e. The fraction of sp³-hybridized carbons (Fsp3) is 0.370. The van der Waals surface area contributed by atoms with Crippen molar-refractivity contribution in [2.75, 3.05) is 5.32 Å². The average molecular weight is 493 g/mol. The predicted molar refractivity (Wildman–Crippen MR) is 136 cm³/mol. The van der Waals surface area contributed by atoms with Gasteiger partial charge in [0.1, 0.15) is 11.7 Å². The molecule has 1 N–H and O–H groups in total. The molecule has 7 nitrogen and oxygen atoms in total. The number of hydrogen-bond acceptors (Lipinski definition) is 3. The molecule has 182 valence electrons. The molecule has 1 aliphatic heterocycles. The summed E-state index contributed by atoms with van der Waals surface area (Å²) in [7, 11) is 1.79. The van der Waals surface area contributed by atoms with Crippen molar-refractivity contribution in [2.45, 2.75) is 51.1 Å². The first kappa shape index (κ1) is 23.4. The smallest absolute Gasteiger partial charge is 0.295 e. The first-order chi connectivity index (χ1) is 16.9. The third-order valence-corrected chi connectivity index (χ3v) is 7.73. The van der Waals surface area contributed by atoms with Gasteiger partial charge in [-0.15, -0.1) is 0 Å². The normalized spacial score (nSPS) is 21.6. The Hall–Kier alpha value is -3.32. The lowest BCUT2D eigenvalue weighted by Gasteiger charge is -2.33. The van der Waals surface area contributed by atoms with Gasteiger partial charge in [-0.1, -0.05) is 48.7 Å². The quantitative estimate of drug-likeness (QED) is 0.580. The molecule has 3 atom stereocenters. The van der Waals surface area contributed by atoms with E-state index >= 15 is 0 Å². The highest BCUT2D eigenvalue weighted by Gasteiger charge is 2.47. The van der Waals surface area contributed by atoms with Crippen LogP contribution in [-0.2, 0) is 11.8 Å². The molecular formula is C27H29ClN4O3. The van der Waals surface area contributed by atoms with Crippen molar-refractivity contribution in [3.8, 4) is 5.69 Å². The Morgan fingerprint density at radius 2 is 1.77 bits per heavy atom. The zero-order valence-corrected chi connectivity index (χ0v) is 20.7. The number of carbonyl (C=O) groups is 2. The molecule has 1 aromatic heterocycles. The number of para-hydroxylation sites is 1. The lowest BCUT2D eigenvalue weighted by molar-refractivity contribution is -0.120. The molecule has 2 heterocycles. The standard InChI is InChI=1S/C27H29ClN4O3/c1-17-24(27(35)32(30(17)2)21-12-4-3-5-13-21)29-25(33)23-16-18-9-6-7-14-22(18)31(23)26(34)19-10-8-11-20(28)15-19/h3-5,8,10-13,15,18,22-23H,6-7,9,14,16H2,1-2H3,(H,29,33). The summed E-state index contributed by atoms with van der Waals surface area (Å²) in [5, 5.41) is 3.38. The van der Waals surface area contributed by atoms with Gasteiger partial charge >= 0.3 is 0 Å². The molecule has 3 unspecified atom stereocenters. The molecule has 2 aromatic carbocycles. The first-order valence-electron chi connectivity index (χ1n) is 12.1. The molecule has 1 saturated heterocycles. The van der Waals surface area contributed by atoms with E-state index in [0.717, 1.165) is 25.7 Å². The number of rotatable bonds is 4. The lowest BCUT2D eigenvalue weighted by Crippen LogP contribution is -2.48. The van der Waals surface area contributed by atoms with E-state index in [9.17, 15) is 14.4 Å². The average Bonchev–Trinajstić information content (AvgIpc) is 3.35. The summed E-state index contributed by atoms with van der Waals surface area (Å²) >= 11 is 6.15. The third kappa shape index (κ3) is 4.18. The topological polar surface area (TPSA) is 76.3 Å². The second-order valence-electron chi connectivity index (χ2n) is 9.51. The molecule has 0 radical (unpaired) electrons. The van der Waals surface area contributed by atoms with E-state index in [2.05, 4.69) is 5.32 Å². The number of carbonyl (C=O) groups excluding carboxylic acids is 2. The number of hydrogen-bond donors (Lipinski definition) is 1. The van der Waals surface area contributed by atoms with Gasteiger partial charge in [-0.3, -0.25) is 19.1 Å². The fourth-order valence-electron chi connectivity index (χ4n) is 5.68. The number of benzene rings is 2. The molecule has 1 saturated carbocycles. The second-order valence-corrected chi connectivity index (χ2v) is 9.95. The van der Waals surface area contributed by atoms with Crippen LogP contribution < -0.4 is 10.9 Å². The van der Waals surface area contributed by atoms with Gasteiger partial charge in [-0.25, -0.2) is 4.68 Å². The van der Waals surface area contributed by atoms with Crippen molar-refractivity contribution in [1.29, 1.82) is 0 Å². The summed E-state index contributed by atoms with van der Waals surface area (Å²) in [5.74, 6) is -0.227. The van der Waals surface area contributed by atoms with Crippen molar-refractivity contribution >= 4 is 29.1 Å². The van der Waals surface area contributed by atoms with Gasteiger partial charge in [0.15, 0.2) is 0 Å². The van der Waals surface area contributed by atoms with Crippen molar-refractivity contribution in [3.63, 3.8) is 0 Å². The molecule has 2 aliphatic rings. The Balaban J connectivity index is 1.47. The minimum Gasteiger partial charge on any atom is -0.323 e. The van der Waals surface area contributed by atoms with Crippen LogP contribution in [0.15, 0.2) is 59.4 Å². The highest BCUT2D eigenvalue weighted by Crippen LogP contribution is 2.41. The van der Waals surface area contributed by atoms with E-state index in [-0.39, 0.29) is 35.0 Å². The molecule has 1 aliphatic carbocycles. The number of aromatic nitrogens is 2. The van der Waals surface area contributed by atoms with Crippen LogP contribution in [0.3, 0.4) is 0 Å². The van der Waals surface area contributed by atoms with Crippen LogP contribution in [0.4, 0.5) is 5.69 Å². The van der Waals surface area contributed by atoms with E-state index in [1.807, 2.05) is 30.3 Å². The van der Waals surface area contributed by atoms with E-state index < -0.39 is 6.04 Å². The molecule has 2 amide bonds. The zero-order chi connectivity index (χ0) is 24.7. The van der Waals surface area contributed by atoms with Gasteiger partial charge in [0, 0.05) is 23.7 Å². The van der Waals surface area contributed by atoms with Gasteiger partial charge in [-0.05, 0) is 62.4 Å². The SMILES string of the molecule is Cc1c(NC(=O)C2CC3CCCCC3N2C(=O)c2cccc(Cl)c2)c(=O)n(-c2ccccc2)n1C. The number of nitrogens with zero attached hydrogens (tertiary/aromatic N) is 3. The number of anilines is 1. The van der Waals surface area contributed by atoms with Gasteiger partial charge in [0.25, 0.3) is 11.5 Å². The van der Waals surface area contributed by atoms with Crippen LogP contribution in [-0.4, -0.2) is 38.2 Å². The van der Waals surface area contributed by atoms with Crippen LogP contribution in [0.2, 0.25) is 5.02 Å². The van der Waals surface area contributed by atoms with Crippen LogP contribution in [0.1, 0.15) is 48.2 Å². The maximum atomic E-state index is 13.6. The molecule has 0 spiro atoms. The van der Waals surface area contributed by atoms with Gasteiger partial charge < -0.3 is 10.2 Å². The summed E-state index contributed by atoms with van der Waals surface area (Å²) < 4.78 is 3.27. The maximum Gasteiger partial charge on any atom is 0.295 e. The summed E-state index contributed by atoms with van der Waals surface area (Å²) in [6.45, 7) is 1.81. The highest BCUT2D eigenvalue weighted by molar-refractivity contribution is 6.31. The van der Waals surface area contributed by atoms with Crippen molar-refractivity contribution in [3.05, 3.63) is 81.2 Å². The Labute approximate surface area is 209 Å². The van der Waals surface area contributed by atoms with Crippen LogP contribution >= 0.6 is 11.6 Å². The monoisotopic (exact) mass is 492 g/mol. The molecule has 0 bridgehead atoms. The van der Waals surface area contributed by atoms with Gasteiger partial charge in [0.05, 0.1) is 11.4 Å². The number of fused-ring (bicyclic) bond motifs is 1. The van der Waals surface area contributed by atoms with Crippen molar-refractivity contribution in [2.24, 2.45) is 13.0 Å². The van der Waals surface area contributed by atoms with Crippen molar-refractivity contribution in [1.82, 2.24) is 14.3 Å². The number of nitrogens with one attached hydrogen (secondary N) is 1. The minimum absolute atomic E-state index is 0.0174. The summed E-state index contributed by atoms with van der Waals surface area (Å²) in [6.07, 6.45) is 4.62. The summed E-state index contributed by atoms with van der Waals surface area (Å²) in [4.78, 5) is 42.3. The second kappa shape index (κ2) is 9.38. The van der Waals surface area contributed by atoms with Crippen LogP contribution in [0.5, 0.6) is 0 Å². The third-order valence-electron chi connectivity index (χ3n) is 7.50. The number of likely N-dealkylation sites (tertiary alicyclic amines) is 1. The van der Waals surface area contributed by atoms with Crippen LogP contribution in [0, 0.1) is 12.8 Å². The zero-order valence-electron chi connectivity index (χ0n) is 19.9. The predicted octanol–water partition coefficient (Wildman–Crippen LogP) is 4.55. The molecule has 3 aromatic rings. The number of amides is 2. The Bertz CT molecular complexity index is 1330.